The molecule has 0 aliphatic carbocycles. The van der Waals surface area contributed by atoms with Crippen LogP contribution in [-0.2, 0) is 9.57 Å². The molecule has 0 saturated heterocycles. The van der Waals surface area contributed by atoms with Gasteiger partial charge in [0.05, 0.1) is 24.5 Å². The van der Waals surface area contributed by atoms with Crippen LogP contribution in [0.4, 0.5) is 0 Å². The molecule has 1 aliphatic heterocycles. The zero-order chi connectivity index (χ0) is 16.7. The lowest BCUT2D eigenvalue weighted by molar-refractivity contribution is -0.0169. The van der Waals surface area contributed by atoms with Crippen LogP contribution >= 0.6 is 0 Å². The Morgan fingerprint density at radius 2 is 2.09 bits per heavy atom. The Balaban J connectivity index is 1.77. The summed E-state index contributed by atoms with van der Waals surface area (Å²) >= 11 is 0. The van der Waals surface area contributed by atoms with E-state index in [1.807, 2.05) is 32.0 Å². The maximum absolute atomic E-state index is 10.1. The van der Waals surface area contributed by atoms with Crippen LogP contribution in [0.25, 0.3) is 0 Å². The van der Waals surface area contributed by atoms with Crippen molar-refractivity contribution in [3.05, 3.63) is 35.9 Å². The van der Waals surface area contributed by atoms with Crippen LogP contribution in [0.1, 0.15) is 32.8 Å². The first-order valence-corrected chi connectivity index (χ1v) is 8.38. The van der Waals surface area contributed by atoms with Crippen LogP contribution in [0, 0.1) is 0 Å². The Morgan fingerprint density at radius 3 is 2.74 bits per heavy atom. The summed E-state index contributed by atoms with van der Waals surface area (Å²) in [5, 5.41) is 14.3. The van der Waals surface area contributed by atoms with Gasteiger partial charge in [0.2, 0.25) is 0 Å². The van der Waals surface area contributed by atoms with Crippen LogP contribution in [0.3, 0.4) is 0 Å². The lowest BCUT2D eigenvalue weighted by Crippen LogP contribution is -2.39. The monoisotopic (exact) mass is 320 g/mol. The molecule has 0 bridgehead atoms. The molecule has 0 fully saturated rings. The van der Waals surface area contributed by atoms with E-state index in [2.05, 4.69) is 29.1 Å². The zero-order valence-corrected chi connectivity index (χ0v) is 14.3. The van der Waals surface area contributed by atoms with Crippen LogP contribution < -0.4 is 0 Å². The molecule has 0 unspecified atom stereocenters. The van der Waals surface area contributed by atoms with Crippen molar-refractivity contribution in [2.45, 2.75) is 45.5 Å². The molecule has 23 heavy (non-hydrogen) atoms. The molecule has 2 atom stereocenters. The van der Waals surface area contributed by atoms with Gasteiger partial charge >= 0.3 is 0 Å². The number of likely N-dealkylation sites (N-methyl/N-ethyl adjacent to an activating group) is 1. The smallest absolute Gasteiger partial charge is 0.145 e. The minimum absolute atomic E-state index is 0.0448. The van der Waals surface area contributed by atoms with Gasteiger partial charge in [-0.1, -0.05) is 42.4 Å². The van der Waals surface area contributed by atoms with E-state index in [-0.39, 0.29) is 12.2 Å². The van der Waals surface area contributed by atoms with Crippen LogP contribution in [0.2, 0.25) is 0 Å². The Hall–Kier alpha value is -1.43. The summed E-state index contributed by atoms with van der Waals surface area (Å²) in [7, 11) is 0. The first-order valence-electron chi connectivity index (χ1n) is 8.38. The molecule has 1 aromatic rings. The van der Waals surface area contributed by atoms with Crippen molar-refractivity contribution in [2.24, 2.45) is 5.16 Å². The molecule has 0 aromatic heterocycles. The average Bonchev–Trinajstić information content (AvgIpc) is 3.01. The van der Waals surface area contributed by atoms with Gasteiger partial charge in [0.1, 0.15) is 6.10 Å². The largest absolute Gasteiger partial charge is 0.390 e. The third-order valence-corrected chi connectivity index (χ3v) is 3.84. The molecule has 1 N–H and O–H groups in total. The number of benzene rings is 1. The van der Waals surface area contributed by atoms with Gasteiger partial charge in [-0.3, -0.25) is 4.90 Å². The molecule has 0 amide bonds. The maximum atomic E-state index is 10.1. The SMILES string of the molecule is CCN(C[C@H](O)COC(C)C)C[C@@H]1CC(c2ccccc2)=NO1. The molecule has 0 radical (unpaired) electrons. The normalized spacial score (nSPS) is 19.0. The van der Waals surface area contributed by atoms with Crippen molar-refractivity contribution >= 4 is 5.71 Å². The van der Waals surface area contributed by atoms with Gasteiger partial charge in [-0.2, -0.15) is 0 Å². The quantitative estimate of drug-likeness (QED) is 0.758. The number of aliphatic hydroxyl groups is 1. The van der Waals surface area contributed by atoms with E-state index in [1.54, 1.807) is 0 Å². The van der Waals surface area contributed by atoms with E-state index in [4.69, 9.17) is 9.57 Å². The molecule has 1 heterocycles. The molecule has 0 spiro atoms. The average molecular weight is 320 g/mol. The summed E-state index contributed by atoms with van der Waals surface area (Å²) in [5.41, 5.74) is 2.11. The Bertz CT molecular complexity index is 490. The second-order valence-electron chi connectivity index (χ2n) is 6.22. The zero-order valence-electron chi connectivity index (χ0n) is 14.3. The third kappa shape index (κ3) is 5.94. The van der Waals surface area contributed by atoms with Gasteiger partial charge in [-0.25, -0.2) is 0 Å². The van der Waals surface area contributed by atoms with Gasteiger partial charge in [-0.15, -0.1) is 0 Å². The lowest BCUT2D eigenvalue weighted by Gasteiger charge is -2.25. The molecule has 2 rings (SSSR count). The number of aliphatic hydroxyl groups excluding tert-OH is 1. The van der Waals surface area contributed by atoms with Crippen LogP contribution in [-0.4, -0.2) is 60.3 Å². The fraction of sp³-hybridized carbons (Fsp3) is 0.611. The van der Waals surface area contributed by atoms with Crippen LogP contribution in [0.15, 0.2) is 35.5 Å². The predicted molar refractivity (Wildman–Crippen MR) is 91.7 cm³/mol. The fourth-order valence-corrected chi connectivity index (χ4v) is 2.60. The molecule has 1 aromatic carbocycles. The standard InChI is InChI=1S/C18H28N2O3/c1-4-20(11-16(21)13-22-14(2)3)12-17-10-18(19-23-17)15-8-6-5-7-9-15/h5-9,14,16-17,21H,4,10-13H2,1-3H3/t16-,17-/m0/s1. The highest BCUT2D eigenvalue weighted by atomic mass is 16.6. The predicted octanol–water partition coefficient (Wildman–Crippen LogP) is 2.29. The first-order chi connectivity index (χ1) is 11.1. The summed E-state index contributed by atoms with van der Waals surface area (Å²) in [6.07, 6.45) is 0.510. The number of oxime groups is 1. The highest BCUT2D eigenvalue weighted by Crippen LogP contribution is 2.17. The third-order valence-electron chi connectivity index (χ3n) is 3.84. The first kappa shape index (κ1) is 17.9. The van der Waals surface area contributed by atoms with E-state index in [1.165, 1.54) is 0 Å². The second-order valence-corrected chi connectivity index (χ2v) is 6.22. The van der Waals surface area contributed by atoms with Gasteiger partial charge in [0.25, 0.3) is 0 Å². The molecule has 5 nitrogen and oxygen atoms in total. The van der Waals surface area contributed by atoms with E-state index in [0.29, 0.717) is 13.2 Å². The molecular formula is C18H28N2O3. The minimum atomic E-state index is -0.478. The number of hydrogen-bond acceptors (Lipinski definition) is 5. The number of rotatable bonds is 9. The fourth-order valence-electron chi connectivity index (χ4n) is 2.60. The van der Waals surface area contributed by atoms with E-state index in [9.17, 15) is 5.11 Å². The summed E-state index contributed by atoms with van der Waals surface area (Å²) in [6.45, 7) is 8.60. The topological polar surface area (TPSA) is 54.3 Å². The van der Waals surface area contributed by atoms with Gasteiger partial charge < -0.3 is 14.7 Å². The second kappa shape index (κ2) is 9.01. The summed E-state index contributed by atoms with van der Waals surface area (Å²) < 4.78 is 5.46. The Kier molecular flexibility index (Phi) is 7.02. The van der Waals surface area contributed by atoms with Crippen molar-refractivity contribution in [3.63, 3.8) is 0 Å². The van der Waals surface area contributed by atoms with E-state index in [0.717, 1.165) is 30.8 Å². The van der Waals surface area contributed by atoms with Crippen molar-refractivity contribution in [3.8, 4) is 0 Å². The molecular weight excluding hydrogens is 292 g/mol. The van der Waals surface area contributed by atoms with Crippen molar-refractivity contribution in [2.75, 3.05) is 26.2 Å². The van der Waals surface area contributed by atoms with Gasteiger partial charge in [-0.05, 0) is 26.0 Å². The van der Waals surface area contributed by atoms with Crippen LogP contribution in [0.5, 0.6) is 0 Å². The van der Waals surface area contributed by atoms with Gasteiger partial charge in [0.15, 0.2) is 0 Å². The van der Waals surface area contributed by atoms with E-state index < -0.39 is 6.10 Å². The number of nitrogens with zero attached hydrogens (tertiary/aromatic N) is 2. The molecule has 5 heteroatoms. The van der Waals surface area contributed by atoms with Crippen molar-refractivity contribution in [1.29, 1.82) is 0 Å². The Morgan fingerprint density at radius 1 is 1.35 bits per heavy atom. The number of ether oxygens (including phenoxy) is 1. The highest BCUT2D eigenvalue weighted by Gasteiger charge is 2.25. The highest BCUT2D eigenvalue weighted by molar-refractivity contribution is 6.01. The summed E-state index contributed by atoms with van der Waals surface area (Å²) in [4.78, 5) is 7.75. The lowest BCUT2D eigenvalue weighted by atomic mass is 10.0. The van der Waals surface area contributed by atoms with Gasteiger partial charge in [0, 0.05) is 19.5 Å². The minimum Gasteiger partial charge on any atom is -0.390 e. The van der Waals surface area contributed by atoms with Crippen molar-refractivity contribution in [1.82, 2.24) is 4.90 Å². The van der Waals surface area contributed by atoms with Crippen molar-refractivity contribution < 1.29 is 14.7 Å². The number of hydrogen-bond donors (Lipinski definition) is 1. The molecule has 1 aliphatic rings. The Labute approximate surface area is 138 Å². The summed E-state index contributed by atoms with van der Waals surface area (Å²) in [5.74, 6) is 0. The molecule has 128 valence electrons. The molecule has 0 saturated carbocycles. The maximum Gasteiger partial charge on any atom is 0.145 e. The van der Waals surface area contributed by atoms with E-state index >= 15 is 0 Å². The summed E-state index contributed by atoms with van der Waals surface area (Å²) in [6, 6.07) is 10.1.